The molecular weight excluding hydrogens is 298 g/mol. The van der Waals surface area contributed by atoms with Crippen molar-refractivity contribution in [2.24, 2.45) is 5.92 Å². The molecule has 1 atom stereocenters. The van der Waals surface area contributed by atoms with Gasteiger partial charge in [0.05, 0.1) is 12.5 Å². The number of piperidine rings is 1. The number of carbonyl (C=O) groups excluding carboxylic acids is 1. The first kappa shape index (κ1) is 16.4. The second-order valence-corrected chi connectivity index (χ2v) is 6.65. The smallest absolute Gasteiger partial charge is 0.227 e. The Labute approximate surface area is 136 Å². The van der Waals surface area contributed by atoms with Crippen molar-refractivity contribution < 1.29 is 13.6 Å². The van der Waals surface area contributed by atoms with Gasteiger partial charge in [-0.1, -0.05) is 18.9 Å². The van der Waals surface area contributed by atoms with Gasteiger partial charge in [-0.15, -0.1) is 0 Å². The molecule has 3 rings (SSSR count). The van der Waals surface area contributed by atoms with E-state index in [0.717, 1.165) is 45.1 Å². The van der Waals surface area contributed by atoms with Gasteiger partial charge in [-0.25, -0.2) is 8.78 Å². The number of amides is 1. The van der Waals surface area contributed by atoms with Gasteiger partial charge in [-0.3, -0.25) is 4.79 Å². The van der Waals surface area contributed by atoms with Gasteiger partial charge in [0, 0.05) is 18.2 Å². The van der Waals surface area contributed by atoms with Gasteiger partial charge in [0.25, 0.3) is 0 Å². The highest BCUT2D eigenvalue weighted by Gasteiger charge is 2.33. The van der Waals surface area contributed by atoms with Crippen molar-refractivity contribution in [3.05, 3.63) is 35.4 Å². The molecule has 0 spiro atoms. The number of halogens is 2. The lowest BCUT2D eigenvalue weighted by Gasteiger charge is -2.34. The fourth-order valence-corrected chi connectivity index (χ4v) is 3.75. The van der Waals surface area contributed by atoms with Crippen LogP contribution in [0.5, 0.6) is 0 Å². The molecule has 1 aliphatic carbocycles. The molecule has 2 aliphatic rings. The standard InChI is InChI=1S/C18H24F2N2O/c19-16-8-3-9-17(20)15(16)12-22(14-6-1-2-7-14)18(23)13-5-4-10-21-11-13/h3,8-9,13-14,21H,1-2,4-7,10-12H2. The number of hydrogen-bond acceptors (Lipinski definition) is 2. The van der Waals surface area contributed by atoms with E-state index in [9.17, 15) is 13.6 Å². The maximum atomic E-state index is 14.0. The Morgan fingerprint density at radius 3 is 2.43 bits per heavy atom. The van der Waals surface area contributed by atoms with Crippen molar-refractivity contribution in [2.75, 3.05) is 13.1 Å². The molecule has 126 valence electrons. The molecule has 1 heterocycles. The van der Waals surface area contributed by atoms with Crippen molar-refractivity contribution in [1.82, 2.24) is 10.2 Å². The molecule has 1 amide bonds. The zero-order valence-corrected chi connectivity index (χ0v) is 13.4. The molecule has 1 N–H and O–H groups in total. The molecule has 1 unspecified atom stereocenters. The molecule has 0 bridgehead atoms. The van der Waals surface area contributed by atoms with Crippen molar-refractivity contribution in [2.45, 2.75) is 51.1 Å². The van der Waals surface area contributed by atoms with Gasteiger partial charge >= 0.3 is 0 Å². The minimum absolute atomic E-state index is 0.0107. The van der Waals surface area contributed by atoms with E-state index in [1.54, 1.807) is 4.90 Å². The summed E-state index contributed by atoms with van der Waals surface area (Å²) in [5, 5.41) is 3.25. The van der Waals surface area contributed by atoms with E-state index in [0.29, 0.717) is 6.54 Å². The van der Waals surface area contributed by atoms with E-state index < -0.39 is 11.6 Å². The van der Waals surface area contributed by atoms with Gasteiger partial charge in [0.2, 0.25) is 5.91 Å². The number of carbonyl (C=O) groups is 1. The van der Waals surface area contributed by atoms with E-state index in [-0.39, 0.29) is 30.0 Å². The first-order valence-electron chi connectivity index (χ1n) is 8.61. The second-order valence-electron chi connectivity index (χ2n) is 6.65. The van der Waals surface area contributed by atoms with E-state index >= 15 is 0 Å². The Balaban J connectivity index is 1.81. The summed E-state index contributed by atoms with van der Waals surface area (Å²) in [4.78, 5) is 14.7. The summed E-state index contributed by atoms with van der Waals surface area (Å²) in [6, 6.07) is 4.00. The predicted octanol–water partition coefficient (Wildman–Crippen LogP) is 3.24. The largest absolute Gasteiger partial charge is 0.335 e. The number of hydrogen-bond donors (Lipinski definition) is 1. The number of benzene rings is 1. The van der Waals surface area contributed by atoms with Crippen LogP contribution in [-0.2, 0) is 11.3 Å². The zero-order valence-electron chi connectivity index (χ0n) is 13.4. The molecule has 1 aliphatic heterocycles. The third-order valence-corrected chi connectivity index (χ3v) is 5.08. The SMILES string of the molecule is O=C(C1CCCNC1)N(Cc1c(F)cccc1F)C1CCCC1. The zero-order chi connectivity index (χ0) is 16.2. The highest BCUT2D eigenvalue weighted by molar-refractivity contribution is 5.79. The van der Waals surface area contributed by atoms with E-state index in [2.05, 4.69) is 5.32 Å². The fraction of sp³-hybridized carbons (Fsp3) is 0.611. The van der Waals surface area contributed by atoms with Gasteiger partial charge in [0.15, 0.2) is 0 Å². The summed E-state index contributed by atoms with van der Waals surface area (Å²) in [5.41, 5.74) is 0.0107. The topological polar surface area (TPSA) is 32.3 Å². The molecule has 1 saturated heterocycles. The number of nitrogens with zero attached hydrogens (tertiary/aromatic N) is 1. The monoisotopic (exact) mass is 322 g/mol. The second kappa shape index (κ2) is 7.39. The Kier molecular flexibility index (Phi) is 5.26. The van der Waals surface area contributed by atoms with E-state index in [4.69, 9.17) is 0 Å². The summed E-state index contributed by atoms with van der Waals surface area (Å²) in [7, 11) is 0. The molecule has 0 aromatic heterocycles. The Bertz CT molecular complexity index is 532. The van der Waals surface area contributed by atoms with E-state index in [1.807, 2.05) is 0 Å². The van der Waals surface area contributed by atoms with Gasteiger partial charge in [-0.05, 0) is 44.4 Å². The molecule has 0 radical (unpaired) electrons. The predicted molar refractivity (Wildman–Crippen MR) is 84.8 cm³/mol. The van der Waals surface area contributed by atoms with Crippen LogP contribution in [-0.4, -0.2) is 29.9 Å². The normalized spacial score (nSPS) is 22.3. The van der Waals surface area contributed by atoms with E-state index in [1.165, 1.54) is 18.2 Å². The summed E-state index contributed by atoms with van der Waals surface area (Å²) in [6.07, 6.45) is 5.86. The van der Waals surface area contributed by atoms with Crippen LogP contribution < -0.4 is 5.32 Å². The lowest BCUT2D eigenvalue weighted by atomic mass is 9.96. The number of nitrogens with one attached hydrogen (secondary N) is 1. The van der Waals surface area contributed by atoms with Crippen LogP contribution >= 0.6 is 0 Å². The molecular formula is C18H24F2N2O. The van der Waals surface area contributed by atoms with Crippen molar-refractivity contribution in [3.63, 3.8) is 0 Å². The Hall–Kier alpha value is -1.49. The minimum atomic E-state index is -0.567. The quantitative estimate of drug-likeness (QED) is 0.923. The molecule has 3 nitrogen and oxygen atoms in total. The lowest BCUT2D eigenvalue weighted by Crippen LogP contribution is -2.46. The average molecular weight is 322 g/mol. The molecule has 1 saturated carbocycles. The van der Waals surface area contributed by atoms with Gasteiger partial charge < -0.3 is 10.2 Å². The first-order chi connectivity index (χ1) is 11.2. The molecule has 23 heavy (non-hydrogen) atoms. The first-order valence-corrected chi connectivity index (χ1v) is 8.61. The molecule has 1 aromatic carbocycles. The number of rotatable bonds is 4. The Morgan fingerprint density at radius 1 is 1.13 bits per heavy atom. The van der Waals surface area contributed by atoms with Crippen LogP contribution in [0.4, 0.5) is 8.78 Å². The third-order valence-electron chi connectivity index (χ3n) is 5.08. The Morgan fingerprint density at radius 2 is 1.83 bits per heavy atom. The van der Waals surface area contributed by atoms with Crippen LogP contribution in [0.3, 0.4) is 0 Å². The lowest BCUT2D eigenvalue weighted by molar-refractivity contribution is -0.139. The summed E-state index contributed by atoms with van der Waals surface area (Å²) in [6.45, 7) is 1.65. The minimum Gasteiger partial charge on any atom is -0.335 e. The van der Waals surface area contributed by atoms with Crippen molar-refractivity contribution >= 4 is 5.91 Å². The average Bonchev–Trinajstić information content (AvgIpc) is 3.09. The van der Waals surface area contributed by atoms with Crippen molar-refractivity contribution in [3.8, 4) is 0 Å². The summed E-state index contributed by atoms with van der Waals surface area (Å²) in [5.74, 6) is -1.16. The molecule has 2 fully saturated rings. The van der Waals surface area contributed by atoms with Crippen LogP contribution in [0.1, 0.15) is 44.1 Å². The maximum Gasteiger partial charge on any atom is 0.227 e. The fourth-order valence-electron chi connectivity index (χ4n) is 3.75. The highest BCUT2D eigenvalue weighted by atomic mass is 19.1. The van der Waals surface area contributed by atoms with Crippen LogP contribution in [0.15, 0.2) is 18.2 Å². The van der Waals surface area contributed by atoms with Crippen molar-refractivity contribution in [1.29, 1.82) is 0 Å². The molecule has 1 aromatic rings. The maximum absolute atomic E-state index is 14.0. The van der Waals surface area contributed by atoms with Gasteiger partial charge in [-0.2, -0.15) is 0 Å². The molecule has 5 heteroatoms. The van der Waals surface area contributed by atoms with Gasteiger partial charge in [0.1, 0.15) is 11.6 Å². The highest BCUT2D eigenvalue weighted by Crippen LogP contribution is 2.28. The summed E-state index contributed by atoms with van der Waals surface area (Å²) >= 11 is 0. The summed E-state index contributed by atoms with van der Waals surface area (Å²) < 4.78 is 28.0. The van der Waals surface area contributed by atoms with Crippen LogP contribution in [0.25, 0.3) is 0 Å². The third kappa shape index (κ3) is 3.71. The van der Waals surface area contributed by atoms with Crippen LogP contribution in [0, 0.1) is 17.6 Å². The van der Waals surface area contributed by atoms with Crippen LogP contribution in [0.2, 0.25) is 0 Å².